The number of quaternary nitrogens is 1. The number of rotatable bonds is 51. The van der Waals surface area contributed by atoms with E-state index in [2.05, 4.69) is 18.0 Å². The molecule has 0 radical (unpaired) electrons. The molecule has 0 aliphatic heterocycles. The van der Waals surface area contributed by atoms with Gasteiger partial charge in [0.05, 0.1) is 27.7 Å². The molecule has 0 spiro atoms. The number of nitrogens with zero attached hydrogens (tertiary/aromatic N) is 1. The zero-order valence-corrected chi connectivity index (χ0v) is 45.1. The van der Waals surface area contributed by atoms with Crippen molar-refractivity contribution in [2.45, 2.75) is 283 Å². The highest BCUT2D eigenvalue weighted by atomic mass is 32.3. The van der Waals surface area contributed by atoms with Gasteiger partial charge < -0.3 is 23.4 Å². The van der Waals surface area contributed by atoms with E-state index >= 15 is 0 Å². The van der Waals surface area contributed by atoms with Gasteiger partial charge in [0.25, 0.3) is 0 Å². The molecule has 14 heteroatoms. The number of carbonyl (C=O) groups is 2. The van der Waals surface area contributed by atoms with Crippen LogP contribution in [-0.4, -0.2) is 87.1 Å². The number of carbonyl (C=O) groups excluding carboxylic acids is 2. The lowest BCUT2D eigenvalue weighted by Crippen LogP contribution is -2.43. The summed E-state index contributed by atoms with van der Waals surface area (Å²) in [7, 11) is -5.02. The van der Waals surface area contributed by atoms with Gasteiger partial charge in [0.2, 0.25) is 5.85 Å². The van der Waals surface area contributed by atoms with E-state index in [1.54, 1.807) is 21.1 Å². The van der Waals surface area contributed by atoms with Crippen LogP contribution in [0.1, 0.15) is 271 Å². The summed E-state index contributed by atoms with van der Waals surface area (Å²) in [5, 5.41) is 0. The summed E-state index contributed by atoms with van der Waals surface area (Å²) in [5.41, 5.74) is 0. The van der Waals surface area contributed by atoms with Crippen molar-refractivity contribution in [2.75, 3.05) is 40.9 Å². The molecule has 0 heterocycles. The van der Waals surface area contributed by atoms with Crippen molar-refractivity contribution in [3.05, 3.63) is 0 Å². The minimum atomic E-state index is -5.10. The summed E-state index contributed by atoms with van der Waals surface area (Å²) in [6.07, 6.45) is 46.8. The Hall–Kier alpha value is -1.08. The SMILES string of the molecule is CCCCCCCCCCCCCCCCCCCCCC(=O)OC[C@H](COP(=O)(O)C(C[N+](C)(C)C)OS(=O)(=O)O)OC(=O)CCCCCCCCCCCCCCCCCCCCC. The second kappa shape index (κ2) is 43.9. The Morgan fingerprint density at radius 2 is 0.773 bits per heavy atom. The van der Waals surface area contributed by atoms with Crippen molar-refractivity contribution in [1.82, 2.24) is 0 Å². The molecule has 0 aromatic rings. The van der Waals surface area contributed by atoms with Crippen LogP contribution in [0.3, 0.4) is 0 Å². The van der Waals surface area contributed by atoms with E-state index in [0.717, 1.165) is 38.5 Å². The fourth-order valence-corrected chi connectivity index (χ4v) is 10.7. The van der Waals surface area contributed by atoms with Crippen LogP contribution in [0.2, 0.25) is 0 Å². The Labute approximate surface area is 406 Å². The van der Waals surface area contributed by atoms with Crippen LogP contribution in [0.5, 0.6) is 0 Å². The van der Waals surface area contributed by atoms with Crippen LogP contribution >= 0.6 is 7.60 Å². The molecule has 0 rings (SSSR count). The molecule has 0 aliphatic carbocycles. The Morgan fingerprint density at radius 3 is 1.06 bits per heavy atom. The van der Waals surface area contributed by atoms with Crippen molar-refractivity contribution < 1.29 is 54.7 Å². The van der Waals surface area contributed by atoms with E-state index in [1.807, 2.05) is 0 Å². The Morgan fingerprint density at radius 1 is 0.485 bits per heavy atom. The number of hydrogen-bond donors (Lipinski definition) is 2. The molecule has 2 unspecified atom stereocenters. The quantitative estimate of drug-likeness (QED) is 0.0196. The summed E-state index contributed by atoms with van der Waals surface area (Å²) in [6, 6.07) is 0. The minimum absolute atomic E-state index is 0.0169. The van der Waals surface area contributed by atoms with Crippen LogP contribution in [0.4, 0.5) is 0 Å². The smallest absolute Gasteiger partial charge is 0.398 e. The molecule has 3 atom stereocenters. The van der Waals surface area contributed by atoms with Crippen LogP contribution in [-0.2, 0) is 42.7 Å². The third-order valence-corrected chi connectivity index (χ3v) is 14.6. The topological polar surface area (TPSA) is 163 Å². The maximum Gasteiger partial charge on any atom is 0.398 e. The minimum Gasteiger partial charge on any atom is -0.462 e. The van der Waals surface area contributed by atoms with E-state index in [-0.39, 0.29) is 30.5 Å². The molecule has 0 bridgehead atoms. The average Bonchev–Trinajstić information content (AvgIpc) is 3.25. The van der Waals surface area contributed by atoms with E-state index in [9.17, 15) is 32.0 Å². The first kappa shape index (κ1) is 64.9. The predicted octanol–water partition coefficient (Wildman–Crippen LogP) is 15.1. The Kier molecular flexibility index (Phi) is 43.2. The molecule has 0 aliphatic rings. The second-order valence-electron chi connectivity index (χ2n) is 20.3. The van der Waals surface area contributed by atoms with E-state index in [0.29, 0.717) is 12.8 Å². The highest BCUT2D eigenvalue weighted by Crippen LogP contribution is 2.49. The van der Waals surface area contributed by atoms with Crippen molar-refractivity contribution in [1.29, 1.82) is 0 Å². The van der Waals surface area contributed by atoms with Gasteiger partial charge in [-0.1, -0.05) is 245 Å². The van der Waals surface area contributed by atoms with Crippen LogP contribution in [0.25, 0.3) is 0 Å². The van der Waals surface area contributed by atoms with Gasteiger partial charge in [-0.05, 0) is 12.8 Å². The van der Waals surface area contributed by atoms with Crippen molar-refractivity contribution in [3.63, 3.8) is 0 Å². The van der Waals surface area contributed by atoms with Gasteiger partial charge in [-0.2, -0.15) is 8.42 Å². The van der Waals surface area contributed by atoms with Gasteiger partial charge in [0.15, 0.2) is 6.10 Å². The van der Waals surface area contributed by atoms with Gasteiger partial charge in [-0.15, -0.1) is 0 Å². The molecule has 0 aromatic carbocycles. The fraction of sp³-hybridized carbons (Fsp3) is 0.962. The molecular formula is C52H105NO11PS+. The molecule has 0 saturated carbocycles. The third-order valence-electron chi connectivity index (χ3n) is 12.4. The first-order valence-corrected chi connectivity index (χ1v) is 30.4. The lowest BCUT2D eigenvalue weighted by molar-refractivity contribution is -0.871. The van der Waals surface area contributed by atoms with Gasteiger partial charge in [0.1, 0.15) is 13.2 Å². The lowest BCUT2D eigenvalue weighted by Gasteiger charge is -2.30. The summed E-state index contributed by atoms with van der Waals surface area (Å²) in [4.78, 5) is 36.3. The van der Waals surface area contributed by atoms with Gasteiger partial charge in [-0.25, -0.2) is 4.18 Å². The number of unbranched alkanes of at least 4 members (excludes halogenated alkanes) is 36. The summed E-state index contributed by atoms with van der Waals surface area (Å²) < 4.78 is 66.4. The zero-order chi connectivity index (χ0) is 49.0. The highest BCUT2D eigenvalue weighted by Gasteiger charge is 2.42. The molecule has 12 nitrogen and oxygen atoms in total. The fourth-order valence-electron chi connectivity index (χ4n) is 8.38. The highest BCUT2D eigenvalue weighted by molar-refractivity contribution is 7.81. The number of likely N-dealkylation sites (N-methyl/N-ethyl adjacent to an activating group) is 1. The third kappa shape index (κ3) is 46.6. The van der Waals surface area contributed by atoms with Crippen molar-refractivity contribution in [3.8, 4) is 0 Å². The van der Waals surface area contributed by atoms with Gasteiger partial charge >= 0.3 is 29.9 Å². The summed E-state index contributed by atoms with van der Waals surface area (Å²) >= 11 is 0. The number of esters is 2. The second-order valence-corrected chi connectivity index (χ2v) is 23.3. The number of ether oxygens (including phenoxy) is 2. The maximum atomic E-state index is 13.2. The molecule has 394 valence electrons. The van der Waals surface area contributed by atoms with E-state index < -0.39 is 48.5 Å². The monoisotopic (exact) mass is 983 g/mol. The largest absolute Gasteiger partial charge is 0.462 e. The summed E-state index contributed by atoms with van der Waals surface area (Å²) in [5.74, 6) is -2.94. The molecular weight excluding hydrogens is 878 g/mol. The standard InChI is InChI=1S/C52H104NO11PS/c1-6-8-10-12-14-16-18-20-22-24-26-28-30-32-34-36-38-40-42-44-50(54)61-47-49(48-62-65(56,57)52(46-53(3,4)5)64-66(58,59)60)63-51(55)45-43-41-39-37-35-33-31-29-27-25-23-21-19-17-15-13-11-9-7-2/h49,52H,6-48H2,1-5H3,(H-,56,57,58,59,60)/p+1/t49-,52?/m1/s1. The average molecular weight is 983 g/mol. The number of hydrogen-bond acceptors (Lipinski definition) is 9. The van der Waals surface area contributed by atoms with Crippen LogP contribution in [0.15, 0.2) is 0 Å². The van der Waals surface area contributed by atoms with Gasteiger partial charge in [0, 0.05) is 12.8 Å². The van der Waals surface area contributed by atoms with E-state index in [1.165, 1.54) is 193 Å². The van der Waals surface area contributed by atoms with Crippen LogP contribution in [0, 0.1) is 0 Å². The maximum absolute atomic E-state index is 13.2. The van der Waals surface area contributed by atoms with Crippen LogP contribution < -0.4 is 0 Å². The van der Waals surface area contributed by atoms with E-state index in [4.69, 9.17) is 14.0 Å². The normalized spacial score (nSPS) is 14.0. The molecule has 2 N–H and O–H groups in total. The summed E-state index contributed by atoms with van der Waals surface area (Å²) in [6.45, 7) is 3.20. The Balaban J connectivity index is 4.52. The molecule has 0 aromatic heterocycles. The van der Waals surface area contributed by atoms with Gasteiger partial charge in [-0.3, -0.25) is 18.7 Å². The molecule has 0 fully saturated rings. The van der Waals surface area contributed by atoms with Crippen molar-refractivity contribution >= 4 is 29.9 Å². The first-order valence-electron chi connectivity index (χ1n) is 27.4. The predicted molar refractivity (Wildman–Crippen MR) is 272 cm³/mol. The Bertz CT molecular complexity index is 1280. The molecule has 0 amide bonds. The first-order chi connectivity index (χ1) is 31.6. The molecule has 0 saturated heterocycles. The molecule has 66 heavy (non-hydrogen) atoms. The zero-order valence-electron chi connectivity index (χ0n) is 43.4. The van der Waals surface area contributed by atoms with Crippen molar-refractivity contribution in [2.24, 2.45) is 0 Å². The lowest BCUT2D eigenvalue weighted by atomic mass is 10.0.